The molecule has 1 rings (SSSR count). The zero-order chi connectivity index (χ0) is 18.7. The predicted molar refractivity (Wildman–Crippen MR) is 95.6 cm³/mol. The molecule has 0 aromatic heterocycles. The maximum absolute atomic E-state index is 11.8. The Hall–Kier alpha value is -1.79. The molecule has 1 aromatic rings. The molecule has 0 unspecified atom stereocenters. The molecule has 0 spiro atoms. The summed E-state index contributed by atoms with van der Waals surface area (Å²) in [6.07, 6.45) is 0.647. The van der Waals surface area contributed by atoms with Crippen molar-refractivity contribution in [3.05, 3.63) is 23.3 Å². The Labute approximate surface area is 150 Å². The van der Waals surface area contributed by atoms with Crippen molar-refractivity contribution in [3.8, 4) is 11.5 Å². The molecular weight excluding hydrogens is 324 g/mol. The van der Waals surface area contributed by atoms with Crippen molar-refractivity contribution < 1.29 is 28.5 Å². The van der Waals surface area contributed by atoms with Gasteiger partial charge in [0.2, 0.25) is 0 Å². The SMILES string of the molecule is COCCOCCCOC(=O)COc1cc(C)c(OC)cc1C(C)C. The summed E-state index contributed by atoms with van der Waals surface area (Å²) in [6.45, 7) is 7.92. The number of hydrogen-bond acceptors (Lipinski definition) is 6. The van der Waals surface area contributed by atoms with Crippen LogP contribution in [0.3, 0.4) is 0 Å². The van der Waals surface area contributed by atoms with E-state index in [0.29, 0.717) is 38.6 Å². The van der Waals surface area contributed by atoms with Crippen LogP contribution in [0.4, 0.5) is 0 Å². The van der Waals surface area contributed by atoms with Crippen LogP contribution in [0.15, 0.2) is 12.1 Å². The average molecular weight is 354 g/mol. The molecule has 0 amide bonds. The van der Waals surface area contributed by atoms with Crippen molar-refractivity contribution in [1.82, 2.24) is 0 Å². The van der Waals surface area contributed by atoms with E-state index in [-0.39, 0.29) is 18.5 Å². The summed E-state index contributed by atoms with van der Waals surface area (Å²) < 4.78 is 26.3. The minimum Gasteiger partial charge on any atom is -0.496 e. The third kappa shape index (κ3) is 7.75. The molecule has 6 heteroatoms. The average Bonchev–Trinajstić information content (AvgIpc) is 2.58. The molecule has 0 saturated heterocycles. The number of aryl methyl sites for hydroxylation is 1. The Morgan fingerprint density at radius 3 is 2.44 bits per heavy atom. The van der Waals surface area contributed by atoms with Gasteiger partial charge in [0.05, 0.1) is 26.9 Å². The number of methoxy groups -OCH3 is 2. The predicted octanol–water partition coefficient (Wildman–Crippen LogP) is 3.10. The molecule has 6 nitrogen and oxygen atoms in total. The first kappa shape index (κ1) is 21.3. The second-order valence-corrected chi connectivity index (χ2v) is 5.98. The first-order valence-electron chi connectivity index (χ1n) is 8.53. The van der Waals surface area contributed by atoms with Gasteiger partial charge >= 0.3 is 5.97 Å². The lowest BCUT2D eigenvalue weighted by atomic mass is 10.00. The summed E-state index contributed by atoms with van der Waals surface area (Å²) in [5.41, 5.74) is 1.96. The van der Waals surface area contributed by atoms with E-state index in [9.17, 15) is 4.79 Å². The van der Waals surface area contributed by atoms with Gasteiger partial charge in [-0.05, 0) is 30.5 Å². The highest BCUT2D eigenvalue weighted by Gasteiger charge is 2.14. The summed E-state index contributed by atoms with van der Waals surface area (Å²) in [5.74, 6) is 1.37. The topological polar surface area (TPSA) is 63.2 Å². The molecule has 142 valence electrons. The van der Waals surface area contributed by atoms with Crippen LogP contribution in [-0.4, -0.2) is 53.2 Å². The third-order valence-corrected chi connectivity index (χ3v) is 3.62. The summed E-state index contributed by atoms with van der Waals surface area (Å²) in [6, 6.07) is 3.85. The zero-order valence-electron chi connectivity index (χ0n) is 15.9. The van der Waals surface area contributed by atoms with Crippen LogP contribution in [0.25, 0.3) is 0 Å². The first-order valence-corrected chi connectivity index (χ1v) is 8.53. The van der Waals surface area contributed by atoms with E-state index in [4.69, 9.17) is 23.7 Å². The van der Waals surface area contributed by atoms with Crippen LogP contribution in [0.5, 0.6) is 11.5 Å². The van der Waals surface area contributed by atoms with E-state index in [1.165, 1.54) is 0 Å². The highest BCUT2D eigenvalue weighted by atomic mass is 16.6. The number of benzene rings is 1. The maximum Gasteiger partial charge on any atom is 0.344 e. The van der Waals surface area contributed by atoms with Gasteiger partial charge in [-0.25, -0.2) is 4.79 Å². The molecule has 25 heavy (non-hydrogen) atoms. The van der Waals surface area contributed by atoms with Crippen molar-refractivity contribution in [2.45, 2.75) is 33.1 Å². The number of esters is 1. The lowest BCUT2D eigenvalue weighted by Crippen LogP contribution is -2.17. The molecule has 0 aliphatic carbocycles. The summed E-state index contributed by atoms with van der Waals surface area (Å²) in [4.78, 5) is 11.8. The molecule has 0 heterocycles. The minimum atomic E-state index is -0.389. The van der Waals surface area contributed by atoms with Crippen molar-refractivity contribution in [2.24, 2.45) is 0 Å². The van der Waals surface area contributed by atoms with Gasteiger partial charge in [-0.15, -0.1) is 0 Å². The van der Waals surface area contributed by atoms with Gasteiger partial charge < -0.3 is 23.7 Å². The van der Waals surface area contributed by atoms with Gasteiger partial charge in [0.1, 0.15) is 11.5 Å². The first-order chi connectivity index (χ1) is 12.0. The lowest BCUT2D eigenvalue weighted by Gasteiger charge is -2.17. The van der Waals surface area contributed by atoms with Gasteiger partial charge in [-0.1, -0.05) is 13.8 Å². The largest absolute Gasteiger partial charge is 0.496 e. The Bertz CT molecular complexity index is 527. The normalized spacial score (nSPS) is 10.8. The molecule has 0 atom stereocenters. The van der Waals surface area contributed by atoms with E-state index in [1.54, 1.807) is 14.2 Å². The van der Waals surface area contributed by atoms with Crippen LogP contribution < -0.4 is 9.47 Å². The molecule has 0 radical (unpaired) electrons. The standard InChI is InChI=1S/C19H30O6/c1-14(2)16-12-17(22-5)15(3)11-18(16)25-13-19(20)24-8-6-7-23-10-9-21-4/h11-12,14H,6-10,13H2,1-5H3. The molecule has 1 aromatic carbocycles. The van der Waals surface area contributed by atoms with Crippen LogP contribution >= 0.6 is 0 Å². The molecule has 0 N–H and O–H groups in total. The van der Waals surface area contributed by atoms with Crippen LogP contribution in [0, 0.1) is 6.92 Å². The van der Waals surface area contributed by atoms with Crippen molar-refractivity contribution in [3.63, 3.8) is 0 Å². The summed E-state index contributed by atoms with van der Waals surface area (Å²) in [7, 11) is 3.27. The Balaban J connectivity index is 2.41. The van der Waals surface area contributed by atoms with E-state index in [2.05, 4.69) is 13.8 Å². The van der Waals surface area contributed by atoms with Crippen molar-refractivity contribution in [2.75, 3.05) is 47.3 Å². The van der Waals surface area contributed by atoms with Crippen LogP contribution in [-0.2, 0) is 19.0 Å². The van der Waals surface area contributed by atoms with Crippen LogP contribution in [0.2, 0.25) is 0 Å². The van der Waals surface area contributed by atoms with Crippen LogP contribution in [0.1, 0.15) is 37.3 Å². The summed E-state index contributed by atoms with van der Waals surface area (Å²) in [5, 5.41) is 0. The van der Waals surface area contributed by atoms with Crippen molar-refractivity contribution in [1.29, 1.82) is 0 Å². The van der Waals surface area contributed by atoms with Gasteiger partial charge in [0.25, 0.3) is 0 Å². The van der Waals surface area contributed by atoms with E-state index >= 15 is 0 Å². The smallest absolute Gasteiger partial charge is 0.344 e. The Morgan fingerprint density at radius 2 is 1.80 bits per heavy atom. The van der Waals surface area contributed by atoms with Gasteiger partial charge in [-0.2, -0.15) is 0 Å². The molecule has 0 aliphatic heterocycles. The Morgan fingerprint density at radius 1 is 1.04 bits per heavy atom. The third-order valence-electron chi connectivity index (χ3n) is 3.62. The molecule has 0 fully saturated rings. The lowest BCUT2D eigenvalue weighted by molar-refractivity contribution is -0.146. The fraction of sp³-hybridized carbons (Fsp3) is 0.632. The number of ether oxygens (including phenoxy) is 5. The summed E-state index contributed by atoms with van der Waals surface area (Å²) >= 11 is 0. The number of hydrogen-bond donors (Lipinski definition) is 0. The second-order valence-electron chi connectivity index (χ2n) is 5.98. The molecule has 0 aliphatic rings. The highest BCUT2D eigenvalue weighted by molar-refractivity contribution is 5.71. The minimum absolute atomic E-state index is 0.115. The number of carbonyl (C=O) groups is 1. The molecular formula is C19H30O6. The molecule has 0 saturated carbocycles. The number of rotatable bonds is 12. The Kier molecular flexibility index (Phi) is 9.96. The fourth-order valence-electron chi connectivity index (χ4n) is 2.24. The zero-order valence-corrected chi connectivity index (χ0v) is 15.9. The highest BCUT2D eigenvalue weighted by Crippen LogP contribution is 2.33. The monoisotopic (exact) mass is 354 g/mol. The fourth-order valence-corrected chi connectivity index (χ4v) is 2.24. The maximum atomic E-state index is 11.8. The quantitative estimate of drug-likeness (QED) is 0.424. The van der Waals surface area contributed by atoms with Gasteiger partial charge in [-0.3, -0.25) is 0 Å². The van der Waals surface area contributed by atoms with Gasteiger partial charge in [0, 0.05) is 25.7 Å². The van der Waals surface area contributed by atoms with Gasteiger partial charge in [0.15, 0.2) is 6.61 Å². The van der Waals surface area contributed by atoms with Crippen molar-refractivity contribution >= 4 is 5.97 Å². The van der Waals surface area contributed by atoms with E-state index in [1.807, 2.05) is 19.1 Å². The number of carbonyl (C=O) groups excluding carboxylic acids is 1. The second kappa shape index (κ2) is 11.7. The van der Waals surface area contributed by atoms with E-state index < -0.39 is 0 Å². The van der Waals surface area contributed by atoms with E-state index in [0.717, 1.165) is 16.9 Å². The molecule has 0 bridgehead atoms.